The summed E-state index contributed by atoms with van der Waals surface area (Å²) < 4.78 is 11.4. The number of ether oxygens (including phenoxy) is 2. The van der Waals surface area contributed by atoms with Gasteiger partial charge in [-0.25, -0.2) is 4.79 Å². The minimum atomic E-state index is -0.978. The van der Waals surface area contributed by atoms with E-state index in [1.54, 1.807) is 18.2 Å². The Labute approximate surface area is 290 Å². The average Bonchev–Trinajstić information content (AvgIpc) is 3.63. The summed E-state index contributed by atoms with van der Waals surface area (Å²) in [6.07, 6.45) is 11.2. The number of cyclic esters (lactones) is 1. The molecule has 2 amide bonds. The van der Waals surface area contributed by atoms with Gasteiger partial charge in [0.2, 0.25) is 11.8 Å². The SMILES string of the molecule is C[C@]12CC[C@H](OCC(=O)NCCCCCC(=O)NCCc3ccc(O)cc3)C[C@H]1CC[C@@H]1[C@@H]2C[C@@H](O)[C@]2(C)[C@@H](C3=CC(=O)OC3)CC[C@]12O. The van der Waals surface area contributed by atoms with Crippen molar-refractivity contribution in [3.8, 4) is 5.75 Å². The van der Waals surface area contributed by atoms with Gasteiger partial charge >= 0.3 is 5.97 Å². The highest BCUT2D eigenvalue weighted by molar-refractivity contribution is 5.85. The smallest absolute Gasteiger partial charge is 0.331 e. The largest absolute Gasteiger partial charge is 0.508 e. The topological polar surface area (TPSA) is 154 Å². The molecule has 0 aromatic heterocycles. The van der Waals surface area contributed by atoms with Gasteiger partial charge in [0.15, 0.2) is 0 Å². The van der Waals surface area contributed by atoms with Gasteiger partial charge in [-0.05, 0) is 123 Å². The Balaban J connectivity index is 0.891. The van der Waals surface area contributed by atoms with Crippen molar-refractivity contribution >= 4 is 17.8 Å². The standard InChI is InChI=1S/C39H56N2O8/c1-37-16-13-29(48-24-35(45)40-18-5-3-4-6-34(44)41-19-15-25-7-10-28(42)11-8-25)21-27(37)9-12-31-32(37)22-33(43)38(2)30(14-17-39(31,38)47)26-20-36(46)49-23-26/h7-8,10-11,20,27,29-33,42-43,47H,3-6,9,12-19,21-24H2,1-2H3,(H,40,45)(H,41,44)/t27-,29+,30-,31-,32+,33-,37+,38+,39+/m1/s1. The van der Waals surface area contributed by atoms with Crippen molar-refractivity contribution in [1.29, 1.82) is 0 Å². The number of esters is 1. The van der Waals surface area contributed by atoms with Gasteiger partial charge in [0.05, 0.1) is 17.8 Å². The van der Waals surface area contributed by atoms with Gasteiger partial charge in [0, 0.05) is 31.0 Å². The van der Waals surface area contributed by atoms with Crippen LogP contribution in [0.25, 0.3) is 0 Å². The van der Waals surface area contributed by atoms with Gasteiger partial charge in [-0.3, -0.25) is 9.59 Å². The van der Waals surface area contributed by atoms with E-state index < -0.39 is 17.1 Å². The van der Waals surface area contributed by atoms with Crippen molar-refractivity contribution in [2.24, 2.45) is 34.5 Å². The van der Waals surface area contributed by atoms with Crippen LogP contribution in [0.1, 0.15) is 96.5 Å². The van der Waals surface area contributed by atoms with Crippen LogP contribution in [0.4, 0.5) is 0 Å². The second-order valence-corrected chi connectivity index (χ2v) is 16.0. The number of carbonyl (C=O) groups is 3. The van der Waals surface area contributed by atoms with Crippen molar-refractivity contribution in [2.45, 2.75) is 115 Å². The number of fused-ring (bicyclic) bond motifs is 5. The molecule has 1 aromatic rings. The number of aromatic hydroxyl groups is 1. The van der Waals surface area contributed by atoms with Crippen LogP contribution < -0.4 is 10.6 Å². The Morgan fingerprint density at radius 3 is 2.47 bits per heavy atom. The van der Waals surface area contributed by atoms with Crippen molar-refractivity contribution in [1.82, 2.24) is 10.6 Å². The molecule has 0 saturated heterocycles. The number of nitrogens with one attached hydrogen (secondary N) is 2. The number of unbranched alkanes of at least 4 members (excludes halogenated alkanes) is 2. The molecule has 10 heteroatoms. The van der Waals surface area contributed by atoms with E-state index in [9.17, 15) is 29.7 Å². The van der Waals surface area contributed by atoms with Crippen LogP contribution in [0.3, 0.4) is 0 Å². The molecule has 4 aliphatic carbocycles. The van der Waals surface area contributed by atoms with Gasteiger partial charge in [-0.2, -0.15) is 0 Å². The molecule has 0 unspecified atom stereocenters. The molecule has 1 heterocycles. The first-order valence-electron chi connectivity index (χ1n) is 18.6. The van der Waals surface area contributed by atoms with E-state index in [-0.39, 0.29) is 66.0 Å². The molecule has 5 N–H and O–H groups in total. The number of rotatable bonds is 13. The Morgan fingerprint density at radius 2 is 1.71 bits per heavy atom. The summed E-state index contributed by atoms with van der Waals surface area (Å²) in [5.41, 5.74) is 0.301. The second kappa shape index (κ2) is 14.7. The summed E-state index contributed by atoms with van der Waals surface area (Å²) in [5, 5.41) is 39.5. The number of aliphatic hydroxyl groups is 2. The molecule has 0 bridgehead atoms. The Kier molecular flexibility index (Phi) is 10.8. The number of amides is 2. The van der Waals surface area contributed by atoms with E-state index in [0.29, 0.717) is 38.3 Å². The maximum Gasteiger partial charge on any atom is 0.331 e. The number of hydrogen-bond donors (Lipinski definition) is 5. The first kappa shape index (κ1) is 35.9. The Morgan fingerprint density at radius 1 is 0.939 bits per heavy atom. The Bertz CT molecular complexity index is 1400. The summed E-state index contributed by atoms with van der Waals surface area (Å²) in [6, 6.07) is 6.99. The van der Waals surface area contributed by atoms with Gasteiger partial charge in [-0.1, -0.05) is 32.4 Å². The fraction of sp³-hybridized carbons (Fsp3) is 0.718. The third-order valence-electron chi connectivity index (χ3n) is 13.6. The second-order valence-electron chi connectivity index (χ2n) is 16.0. The van der Waals surface area contributed by atoms with E-state index in [1.807, 2.05) is 19.1 Å². The molecule has 4 fully saturated rings. The van der Waals surface area contributed by atoms with Gasteiger partial charge in [0.25, 0.3) is 0 Å². The third kappa shape index (κ3) is 7.15. The molecule has 4 saturated carbocycles. The molecule has 0 radical (unpaired) electrons. The van der Waals surface area contributed by atoms with Crippen LogP contribution >= 0.6 is 0 Å². The molecule has 10 nitrogen and oxygen atoms in total. The predicted molar refractivity (Wildman–Crippen MR) is 183 cm³/mol. The van der Waals surface area contributed by atoms with Crippen molar-refractivity contribution < 1.29 is 39.2 Å². The minimum absolute atomic E-state index is 0.00344. The summed E-state index contributed by atoms with van der Waals surface area (Å²) in [7, 11) is 0. The summed E-state index contributed by atoms with van der Waals surface area (Å²) in [4.78, 5) is 36.5. The molecule has 5 aliphatic rings. The van der Waals surface area contributed by atoms with Crippen molar-refractivity contribution in [3.05, 3.63) is 41.5 Å². The first-order valence-corrected chi connectivity index (χ1v) is 18.6. The van der Waals surface area contributed by atoms with Gasteiger partial charge in [0.1, 0.15) is 19.0 Å². The monoisotopic (exact) mass is 680 g/mol. The van der Waals surface area contributed by atoms with Crippen LogP contribution in [0.5, 0.6) is 5.75 Å². The molecule has 9 atom stereocenters. The highest BCUT2D eigenvalue weighted by Crippen LogP contribution is 2.70. The van der Waals surface area contributed by atoms with Crippen LogP contribution in [0, 0.1) is 34.5 Å². The molecule has 1 aliphatic heterocycles. The Hall–Kier alpha value is -2.95. The summed E-state index contributed by atoms with van der Waals surface area (Å²) >= 11 is 0. The molecule has 6 rings (SSSR count). The van der Waals surface area contributed by atoms with E-state index in [4.69, 9.17) is 9.47 Å². The zero-order valence-electron chi connectivity index (χ0n) is 29.3. The number of aliphatic hydroxyl groups excluding tert-OH is 1. The van der Waals surface area contributed by atoms with Crippen molar-refractivity contribution in [3.63, 3.8) is 0 Å². The van der Waals surface area contributed by atoms with Gasteiger partial charge in [-0.15, -0.1) is 0 Å². The van der Waals surface area contributed by atoms with Crippen molar-refractivity contribution in [2.75, 3.05) is 26.3 Å². The number of phenols is 1. The normalized spacial score (nSPS) is 36.6. The maximum atomic E-state index is 12.6. The number of benzene rings is 1. The average molecular weight is 681 g/mol. The predicted octanol–water partition coefficient (Wildman–Crippen LogP) is 4.34. The lowest BCUT2D eigenvalue weighted by atomic mass is 9.42. The molecular formula is C39H56N2O8. The van der Waals surface area contributed by atoms with Gasteiger partial charge < -0.3 is 35.4 Å². The number of carbonyl (C=O) groups excluding carboxylic acids is 3. The van der Waals surface area contributed by atoms with Crippen LogP contribution in [0.2, 0.25) is 0 Å². The quantitative estimate of drug-likeness (QED) is 0.152. The minimum Gasteiger partial charge on any atom is -0.508 e. The fourth-order valence-corrected chi connectivity index (χ4v) is 10.7. The van der Waals surface area contributed by atoms with Crippen LogP contribution in [0.15, 0.2) is 35.9 Å². The lowest BCUT2D eigenvalue weighted by Gasteiger charge is -2.65. The molecule has 49 heavy (non-hydrogen) atoms. The van der Waals surface area contributed by atoms with E-state index in [2.05, 4.69) is 17.6 Å². The zero-order chi connectivity index (χ0) is 34.8. The van der Waals surface area contributed by atoms with Crippen LogP contribution in [-0.2, 0) is 30.3 Å². The zero-order valence-corrected chi connectivity index (χ0v) is 29.3. The molecule has 1 aromatic carbocycles. The molecule has 0 spiro atoms. The highest BCUT2D eigenvalue weighted by Gasteiger charge is 2.70. The maximum absolute atomic E-state index is 12.6. The van der Waals surface area contributed by atoms with Crippen LogP contribution in [-0.4, -0.2) is 77.2 Å². The summed E-state index contributed by atoms with van der Waals surface area (Å²) in [6.45, 7) is 5.83. The summed E-state index contributed by atoms with van der Waals surface area (Å²) in [5.74, 6) is 0.520. The van der Waals surface area contributed by atoms with E-state index >= 15 is 0 Å². The first-order chi connectivity index (χ1) is 23.4. The molecular weight excluding hydrogens is 624 g/mol. The van der Waals surface area contributed by atoms with E-state index in [1.165, 1.54) is 0 Å². The lowest BCUT2D eigenvalue weighted by Crippen LogP contribution is -2.67. The highest BCUT2D eigenvalue weighted by atomic mass is 16.5. The van der Waals surface area contributed by atoms with E-state index in [0.717, 1.165) is 75.3 Å². The number of hydrogen-bond acceptors (Lipinski definition) is 8. The molecule has 270 valence electrons. The fourth-order valence-electron chi connectivity index (χ4n) is 10.7. The number of phenolic OH excluding ortho intramolecular Hbond substituents is 1. The third-order valence-corrected chi connectivity index (χ3v) is 13.6. The lowest BCUT2D eigenvalue weighted by molar-refractivity contribution is -0.245.